The fourth-order valence-corrected chi connectivity index (χ4v) is 1.61. The Morgan fingerprint density at radius 3 is 2.78 bits per heavy atom. The molecule has 0 saturated heterocycles. The van der Waals surface area contributed by atoms with Crippen LogP contribution in [0.1, 0.15) is 5.56 Å². The van der Waals surface area contributed by atoms with Gasteiger partial charge in [0, 0.05) is 0 Å². The number of hydrogen-bond donors (Lipinski definition) is 1. The minimum atomic E-state index is -3.65. The molecule has 0 bridgehead atoms. The van der Waals surface area contributed by atoms with E-state index in [9.17, 15) is 13.6 Å². The highest BCUT2D eigenvalue weighted by Gasteiger charge is 2.43. The van der Waals surface area contributed by atoms with Gasteiger partial charge in [-0.25, -0.2) is 0 Å². The van der Waals surface area contributed by atoms with Gasteiger partial charge < -0.3 is 19.9 Å². The lowest BCUT2D eigenvalue weighted by Gasteiger charge is -2.09. The predicted octanol–water partition coefficient (Wildman–Crippen LogP) is 1.05. The number of halogens is 2. The first-order valence-corrected chi connectivity index (χ1v) is 5.13. The van der Waals surface area contributed by atoms with Crippen molar-refractivity contribution in [2.24, 2.45) is 5.73 Å². The maximum atomic E-state index is 12.8. The Labute approximate surface area is 101 Å². The molecular weight excluding hydrogens is 248 g/mol. The largest absolute Gasteiger partial charge is 0.586 e. The number of benzene rings is 1. The number of nitrogens with two attached hydrogens (primary N) is 1. The number of carbonyl (C=O) groups is 1. The normalized spacial score (nSPS) is 17.3. The number of fused-ring (bicyclic) bond motifs is 1. The van der Waals surface area contributed by atoms with E-state index in [1.165, 1.54) is 25.3 Å². The summed E-state index contributed by atoms with van der Waals surface area (Å²) in [5.74, 6) is -0.692. The summed E-state index contributed by atoms with van der Waals surface area (Å²) >= 11 is 0. The second-order valence-electron chi connectivity index (χ2n) is 3.78. The highest BCUT2D eigenvalue weighted by atomic mass is 19.3. The van der Waals surface area contributed by atoms with E-state index in [0.717, 1.165) is 0 Å². The molecule has 1 aliphatic rings. The van der Waals surface area contributed by atoms with Crippen molar-refractivity contribution in [1.82, 2.24) is 0 Å². The third-order valence-corrected chi connectivity index (χ3v) is 2.43. The fourth-order valence-electron chi connectivity index (χ4n) is 1.61. The molecule has 1 aromatic rings. The number of esters is 1. The second-order valence-corrected chi connectivity index (χ2v) is 3.78. The Bertz CT molecular complexity index is 478. The van der Waals surface area contributed by atoms with Crippen LogP contribution in [-0.4, -0.2) is 25.4 Å². The van der Waals surface area contributed by atoms with E-state index in [2.05, 4.69) is 14.2 Å². The zero-order valence-corrected chi connectivity index (χ0v) is 9.48. The molecule has 7 heteroatoms. The van der Waals surface area contributed by atoms with Crippen LogP contribution >= 0.6 is 0 Å². The van der Waals surface area contributed by atoms with Crippen LogP contribution in [0.2, 0.25) is 0 Å². The van der Waals surface area contributed by atoms with E-state index in [0.29, 0.717) is 5.56 Å². The molecule has 1 heterocycles. The number of hydrogen-bond acceptors (Lipinski definition) is 5. The van der Waals surface area contributed by atoms with E-state index < -0.39 is 18.3 Å². The van der Waals surface area contributed by atoms with Crippen LogP contribution in [0.15, 0.2) is 18.2 Å². The van der Waals surface area contributed by atoms with Crippen molar-refractivity contribution in [2.75, 3.05) is 7.11 Å². The lowest BCUT2D eigenvalue weighted by atomic mass is 10.1. The number of ether oxygens (including phenoxy) is 3. The van der Waals surface area contributed by atoms with Crippen LogP contribution in [0.4, 0.5) is 8.78 Å². The minimum Gasteiger partial charge on any atom is -0.468 e. The first-order chi connectivity index (χ1) is 8.41. The third-order valence-electron chi connectivity index (χ3n) is 2.43. The highest BCUT2D eigenvalue weighted by molar-refractivity contribution is 5.75. The van der Waals surface area contributed by atoms with Crippen LogP contribution in [0.3, 0.4) is 0 Å². The van der Waals surface area contributed by atoms with Crippen LogP contribution in [0, 0.1) is 0 Å². The van der Waals surface area contributed by atoms with Gasteiger partial charge in [-0.3, -0.25) is 4.79 Å². The van der Waals surface area contributed by atoms with Gasteiger partial charge in [0.2, 0.25) is 0 Å². The average molecular weight is 259 g/mol. The first kappa shape index (κ1) is 12.6. The lowest BCUT2D eigenvalue weighted by molar-refractivity contribution is -0.286. The summed E-state index contributed by atoms with van der Waals surface area (Å²) in [6.45, 7) is 0. The van der Waals surface area contributed by atoms with Gasteiger partial charge in [-0.2, -0.15) is 0 Å². The molecule has 1 atom stereocenters. The molecule has 18 heavy (non-hydrogen) atoms. The van der Waals surface area contributed by atoms with Gasteiger partial charge in [0.1, 0.15) is 6.04 Å². The molecule has 1 aromatic carbocycles. The van der Waals surface area contributed by atoms with E-state index in [-0.39, 0.29) is 17.9 Å². The molecule has 1 unspecified atom stereocenters. The summed E-state index contributed by atoms with van der Waals surface area (Å²) in [6.07, 6.45) is -3.49. The fraction of sp³-hybridized carbons (Fsp3) is 0.364. The molecule has 0 saturated carbocycles. The summed E-state index contributed by atoms with van der Waals surface area (Å²) in [5.41, 5.74) is 6.14. The van der Waals surface area contributed by atoms with Gasteiger partial charge >= 0.3 is 12.3 Å². The summed E-state index contributed by atoms with van der Waals surface area (Å²) in [7, 11) is 1.22. The molecule has 2 N–H and O–H groups in total. The lowest BCUT2D eigenvalue weighted by Crippen LogP contribution is -2.33. The molecule has 0 aliphatic carbocycles. The second kappa shape index (κ2) is 4.41. The van der Waals surface area contributed by atoms with Crippen LogP contribution in [-0.2, 0) is 16.0 Å². The van der Waals surface area contributed by atoms with E-state index >= 15 is 0 Å². The van der Waals surface area contributed by atoms with Crippen molar-refractivity contribution in [1.29, 1.82) is 0 Å². The molecule has 2 rings (SSSR count). The highest BCUT2D eigenvalue weighted by Crippen LogP contribution is 2.41. The number of alkyl halides is 2. The Morgan fingerprint density at radius 2 is 2.11 bits per heavy atom. The molecule has 0 spiro atoms. The van der Waals surface area contributed by atoms with Gasteiger partial charge in [0.05, 0.1) is 7.11 Å². The van der Waals surface area contributed by atoms with Crippen molar-refractivity contribution in [3.05, 3.63) is 23.8 Å². The topological polar surface area (TPSA) is 70.8 Å². The summed E-state index contributed by atoms with van der Waals surface area (Å²) < 4.78 is 38.5. The van der Waals surface area contributed by atoms with Crippen LogP contribution in [0.5, 0.6) is 11.5 Å². The van der Waals surface area contributed by atoms with Crippen molar-refractivity contribution in [2.45, 2.75) is 18.8 Å². The Balaban J connectivity index is 2.12. The van der Waals surface area contributed by atoms with E-state index in [4.69, 9.17) is 5.73 Å². The Morgan fingerprint density at radius 1 is 1.44 bits per heavy atom. The van der Waals surface area contributed by atoms with Gasteiger partial charge in [-0.05, 0) is 24.1 Å². The predicted molar refractivity (Wildman–Crippen MR) is 56.3 cm³/mol. The maximum absolute atomic E-state index is 12.8. The maximum Gasteiger partial charge on any atom is 0.586 e. The first-order valence-electron chi connectivity index (χ1n) is 5.13. The summed E-state index contributed by atoms with van der Waals surface area (Å²) in [4.78, 5) is 11.1. The average Bonchev–Trinajstić information content (AvgIpc) is 2.61. The van der Waals surface area contributed by atoms with Crippen molar-refractivity contribution in [3.63, 3.8) is 0 Å². The molecule has 5 nitrogen and oxygen atoms in total. The van der Waals surface area contributed by atoms with Crippen LogP contribution in [0.25, 0.3) is 0 Å². The van der Waals surface area contributed by atoms with Crippen molar-refractivity contribution >= 4 is 5.97 Å². The van der Waals surface area contributed by atoms with Crippen molar-refractivity contribution < 1.29 is 27.8 Å². The molecule has 0 amide bonds. The Kier molecular flexibility index (Phi) is 3.08. The molecular formula is C11H11F2NO4. The number of methoxy groups -OCH3 is 1. The van der Waals surface area contributed by atoms with Gasteiger partial charge in [0.15, 0.2) is 11.5 Å². The number of rotatable bonds is 3. The molecule has 0 radical (unpaired) electrons. The monoisotopic (exact) mass is 259 g/mol. The molecule has 98 valence electrons. The quantitative estimate of drug-likeness (QED) is 0.821. The smallest absolute Gasteiger partial charge is 0.468 e. The molecule has 0 fully saturated rings. The summed E-state index contributed by atoms with van der Waals surface area (Å²) in [5, 5.41) is 0. The SMILES string of the molecule is COC(=O)C(N)Cc1ccc2c(c1)OC(F)(F)O2. The van der Waals surface area contributed by atoms with Gasteiger partial charge in [-0.1, -0.05) is 6.07 Å². The standard InChI is InChI=1S/C11H11F2NO4/c1-16-10(15)7(14)4-6-2-3-8-9(5-6)18-11(12,13)17-8/h2-3,5,7H,4,14H2,1H3. The van der Waals surface area contributed by atoms with Gasteiger partial charge in [-0.15, -0.1) is 8.78 Å². The molecule has 1 aliphatic heterocycles. The van der Waals surface area contributed by atoms with E-state index in [1.54, 1.807) is 0 Å². The minimum absolute atomic E-state index is 0.0459. The summed E-state index contributed by atoms with van der Waals surface area (Å²) in [6, 6.07) is 3.39. The zero-order valence-electron chi connectivity index (χ0n) is 9.48. The third kappa shape index (κ3) is 2.51. The van der Waals surface area contributed by atoms with Crippen LogP contribution < -0.4 is 15.2 Å². The Hall–Kier alpha value is -1.89. The van der Waals surface area contributed by atoms with Crippen molar-refractivity contribution in [3.8, 4) is 11.5 Å². The number of carbonyl (C=O) groups excluding carboxylic acids is 1. The van der Waals surface area contributed by atoms with Gasteiger partial charge in [0.25, 0.3) is 0 Å². The molecule has 0 aromatic heterocycles. The zero-order chi connectivity index (χ0) is 13.3. The van der Waals surface area contributed by atoms with E-state index in [1.807, 2.05) is 0 Å².